The molecule has 1 aromatic carbocycles. The maximum atomic E-state index is 5.27. The van der Waals surface area contributed by atoms with Crippen LogP contribution >= 0.6 is 12.2 Å². The van der Waals surface area contributed by atoms with Crippen LogP contribution in [-0.4, -0.2) is 27.9 Å². The summed E-state index contributed by atoms with van der Waals surface area (Å²) in [6, 6.07) is 5.59. The van der Waals surface area contributed by atoms with E-state index in [-0.39, 0.29) is 6.79 Å². The first kappa shape index (κ1) is 10.0. The molecule has 0 bridgehead atoms. The SMILES string of the molecule is S=c1[nH]ncn1N=Cc1ccc2c(c1)OCO2. The summed E-state index contributed by atoms with van der Waals surface area (Å²) in [6.45, 7) is 0.267. The zero-order valence-corrected chi connectivity index (χ0v) is 9.48. The number of fused-ring (bicyclic) bond motifs is 1. The molecule has 0 unspecified atom stereocenters. The van der Waals surface area contributed by atoms with Crippen molar-refractivity contribution in [1.29, 1.82) is 0 Å². The van der Waals surface area contributed by atoms with Crippen LogP contribution in [0.15, 0.2) is 29.6 Å². The van der Waals surface area contributed by atoms with Gasteiger partial charge in [-0.1, -0.05) is 0 Å². The summed E-state index contributed by atoms with van der Waals surface area (Å²) in [4.78, 5) is 0. The maximum Gasteiger partial charge on any atom is 0.231 e. The van der Waals surface area contributed by atoms with Crippen molar-refractivity contribution < 1.29 is 9.47 Å². The molecule has 1 aliphatic heterocycles. The minimum Gasteiger partial charge on any atom is -0.454 e. The third-order valence-electron chi connectivity index (χ3n) is 2.26. The van der Waals surface area contributed by atoms with Gasteiger partial charge >= 0.3 is 0 Å². The van der Waals surface area contributed by atoms with Crippen LogP contribution in [0.1, 0.15) is 5.56 Å². The molecule has 0 saturated heterocycles. The summed E-state index contributed by atoms with van der Waals surface area (Å²) in [6.07, 6.45) is 3.18. The molecule has 1 aromatic heterocycles. The Labute approximate surface area is 101 Å². The molecule has 1 aliphatic rings. The van der Waals surface area contributed by atoms with E-state index in [0.29, 0.717) is 4.77 Å². The standard InChI is InChI=1S/C10H8N4O2S/c17-10-13-11-5-14(10)12-4-7-1-2-8-9(3-7)16-6-15-8/h1-5H,6H2,(H,13,17). The average molecular weight is 248 g/mol. The van der Waals surface area contributed by atoms with E-state index in [2.05, 4.69) is 15.3 Å². The number of aromatic nitrogens is 3. The highest BCUT2D eigenvalue weighted by Crippen LogP contribution is 2.31. The highest BCUT2D eigenvalue weighted by Gasteiger charge is 2.12. The van der Waals surface area contributed by atoms with E-state index >= 15 is 0 Å². The Balaban J connectivity index is 1.89. The van der Waals surface area contributed by atoms with Crippen LogP contribution in [0.4, 0.5) is 0 Å². The monoisotopic (exact) mass is 248 g/mol. The minimum atomic E-state index is 0.267. The smallest absolute Gasteiger partial charge is 0.231 e. The van der Waals surface area contributed by atoms with Gasteiger partial charge in [-0.15, -0.1) is 0 Å². The molecule has 0 atom stereocenters. The molecule has 2 aromatic rings. The Bertz CT molecular complexity index is 631. The van der Waals surface area contributed by atoms with Crippen LogP contribution in [0.5, 0.6) is 11.5 Å². The summed E-state index contributed by atoms with van der Waals surface area (Å²) in [5.74, 6) is 1.48. The first-order valence-electron chi connectivity index (χ1n) is 4.89. The summed E-state index contributed by atoms with van der Waals surface area (Å²) in [5.41, 5.74) is 0.900. The number of benzene rings is 1. The highest BCUT2D eigenvalue weighted by atomic mass is 32.1. The molecule has 7 heteroatoms. The van der Waals surface area contributed by atoms with Crippen molar-refractivity contribution in [2.45, 2.75) is 0 Å². The van der Waals surface area contributed by atoms with E-state index in [0.717, 1.165) is 17.1 Å². The van der Waals surface area contributed by atoms with Gasteiger partial charge in [-0.05, 0) is 36.0 Å². The fourth-order valence-electron chi connectivity index (χ4n) is 1.45. The molecule has 0 amide bonds. The van der Waals surface area contributed by atoms with Gasteiger partial charge < -0.3 is 9.47 Å². The third-order valence-corrected chi connectivity index (χ3v) is 2.54. The number of H-pyrrole nitrogens is 1. The predicted octanol–water partition coefficient (Wildman–Crippen LogP) is 1.55. The Morgan fingerprint density at radius 3 is 3.12 bits per heavy atom. The zero-order chi connectivity index (χ0) is 11.7. The number of nitrogens with zero attached hydrogens (tertiary/aromatic N) is 3. The van der Waals surface area contributed by atoms with Crippen molar-refractivity contribution >= 4 is 18.4 Å². The van der Waals surface area contributed by atoms with E-state index < -0.39 is 0 Å². The maximum absolute atomic E-state index is 5.27. The number of hydrogen-bond acceptors (Lipinski definition) is 5. The molecule has 0 radical (unpaired) electrons. The lowest BCUT2D eigenvalue weighted by Gasteiger charge is -1.97. The molecule has 0 saturated carbocycles. The second-order valence-corrected chi connectivity index (χ2v) is 3.75. The van der Waals surface area contributed by atoms with Gasteiger partial charge in [0.15, 0.2) is 11.5 Å². The van der Waals surface area contributed by atoms with Crippen LogP contribution < -0.4 is 9.47 Å². The number of rotatable bonds is 2. The van der Waals surface area contributed by atoms with Gasteiger partial charge in [0.25, 0.3) is 0 Å². The molecule has 3 rings (SSSR count). The first-order valence-corrected chi connectivity index (χ1v) is 5.30. The van der Waals surface area contributed by atoms with Crippen LogP contribution in [0.3, 0.4) is 0 Å². The van der Waals surface area contributed by atoms with Gasteiger partial charge in [0.05, 0.1) is 6.21 Å². The van der Waals surface area contributed by atoms with Gasteiger partial charge in [0.2, 0.25) is 11.6 Å². The number of nitrogens with one attached hydrogen (secondary N) is 1. The second-order valence-electron chi connectivity index (χ2n) is 3.36. The first-order chi connectivity index (χ1) is 8.33. The Morgan fingerprint density at radius 1 is 1.41 bits per heavy atom. The Kier molecular flexibility index (Phi) is 2.37. The molecular formula is C10H8N4O2S. The van der Waals surface area contributed by atoms with E-state index in [1.807, 2.05) is 18.2 Å². The number of hydrogen-bond donors (Lipinski definition) is 1. The van der Waals surface area contributed by atoms with Crippen LogP contribution in [-0.2, 0) is 0 Å². The number of aromatic amines is 1. The van der Waals surface area contributed by atoms with Crippen LogP contribution in [0.25, 0.3) is 0 Å². The minimum absolute atomic E-state index is 0.267. The summed E-state index contributed by atoms with van der Waals surface area (Å²) >= 11 is 4.97. The molecule has 0 fully saturated rings. The summed E-state index contributed by atoms with van der Waals surface area (Å²) in [7, 11) is 0. The zero-order valence-electron chi connectivity index (χ0n) is 8.66. The molecule has 2 heterocycles. The third kappa shape index (κ3) is 1.92. The lowest BCUT2D eigenvalue weighted by molar-refractivity contribution is 0.174. The molecular weight excluding hydrogens is 240 g/mol. The van der Waals surface area contributed by atoms with Crippen molar-refractivity contribution in [3.8, 4) is 11.5 Å². The topological polar surface area (TPSA) is 64.4 Å². The largest absolute Gasteiger partial charge is 0.454 e. The van der Waals surface area contributed by atoms with E-state index in [1.54, 1.807) is 6.21 Å². The molecule has 0 aliphatic carbocycles. The summed E-state index contributed by atoms with van der Waals surface area (Å²) in [5, 5.41) is 10.5. The average Bonchev–Trinajstić information content (AvgIpc) is 2.94. The quantitative estimate of drug-likeness (QED) is 0.647. The normalized spacial score (nSPS) is 13.4. The lowest BCUT2D eigenvalue weighted by Crippen LogP contribution is -1.93. The van der Waals surface area contributed by atoms with Crippen molar-refractivity contribution in [3.63, 3.8) is 0 Å². The molecule has 0 spiro atoms. The van der Waals surface area contributed by atoms with E-state index in [9.17, 15) is 0 Å². The Morgan fingerprint density at radius 2 is 2.29 bits per heavy atom. The fraction of sp³-hybridized carbons (Fsp3) is 0.100. The number of ether oxygens (including phenoxy) is 2. The molecule has 1 N–H and O–H groups in total. The van der Waals surface area contributed by atoms with Gasteiger partial charge in [-0.25, -0.2) is 0 Å². The highest BCUT2D eigenvalue weighted by molar-refractivity contribution is 7.71. The fourth-order valence-corrected chi connectivity index (χ4v) is 1.59. The van der Waals surface area contributed by atoms with E-state index in [1.165, 1.54) is 11.0 Å². The van der Waals surface area contributed by atoms with Crippen molar-refractivity contribution in [1.82, 2.24) is 14.9 Å². The van der Waals surface area contributed by atoms with Gasteiger partial charge in [-0.2, -0.15) is 14.9 Å². The predicted molar refractivity (Wildman–Crippen MR) is 63.0 cm³/mol. The molecule has 6 nitrogen and oxygen atoms in total. The van der Waals surface area contributed by atoms with Crippen LogP contribution in [0, 0.1) is 4.77 Å². The van der Waals surface area contributed by atoms with Crippen molar-refractivity contribution in [2.75, 3.05) is 6.79 Å². The molecule has 17 heavy (non-hydrogen) atoms. The van der Waals surface area contributed by atoms with E-state index in [4.69, 9.17) is 21.7 Å². The Hall–Kier alpha value is -2.15. The van der Waals surface area contributed by atoms with Crippen LogP contribution in [0.2, 0.25) is 0 Å². The second kappa shape index (κ2) is 4.02. The lowest BCUT2D eigenvalue weighted by atomic mass is 10.2. The van der Waals surface area contributed by atoms with Crippen molar-refractivity contribution in [2.24, 2.45) is 5.10 Å². The van der Waals surface area contributed by atoms with Crippen molar-refractivity contribution in [3.05, 3.63) is 34.9 Å². The molecule has 86 valence electrons. The van der Waals surface area contributed by atoms with Gasteiger partial charge in [-0.3, -0.25) is 5.10 Å². The summed E-state index contributed by atoms with van der Waals surface area (Å²) < 4.78 is 12.4. The van der Waals surface area contributed by atoms with Gasteiger partial charge in [0.1, 0.15) is 6.33 Å². The van der Waals surface area contributed by atoms with Gasteiger partial charge in [0, 0.05) is 0 Å².